The van der Waals surface area contributed by atoms with Crippen molar-refractivity contribution in [3.8, 4) is 0 Å². The number of nitrogens with two attached hydrogens (primary N) is 1. The van der Waals surface area contributed by atoms with Crippen LogP contribution in [0.5, 0.6) is 0 Å². The van der Waals surface area contributed by atoms with E-state index in [1.54, 1.807) is 29.3 Å². The summed E-state index contributed by atoms with van der Waals surface area (Å²) in [6, 6.07) is 6.97. The van der Waals surface area contributed by atoms with Crippen molar-refractivity contribution in [2.24, 2.45) is 16.1 Å². The monoisotopic (exact) mass is 220 g/mol. The van der Waals surface area contributed by atoms with Crippen molar-refractivity contribution < 1.29 is 4.79 Å². The second-order valence-corrected chi connectivity index (χ2v) is 3.77. The maximum atomic E-state index is 10.8. The van der Waals surface area contributed by atoms with Crippen molar-refractivity contribution in [1.29, 1.82) is 0 Å². The molecule has 0 radical (unpaired) electrons. The van der Waals surface area contributed by atoms with Gasteiger partial charge in [0.05, 0.1) is 5.69 Å². The van der Waals surface area contributed by atoms with E-state index in [0.717, 1.165) is 0 Å². The van der Waals surface area contributed by atoms with Crippen LogP contribution in [-0.4, -0.2) is 24.0 Å². The van der Waals surface area contributed by atoms with Crippen LogP contribution in [0.2, 0.25) is 0 Å². The second kappa shape index (κ2) is 5.25. The number of carbonyl (C=O) groups is 1. The van der Waals surface area contributed by atoms with Gasteiger partial charge in [-0.05, 0) is 38.1 Å². The van der Waals surface area contributed by atoms with Crippen LogP contribution in [0.25, 0.3) is 0 Å². The summed E-state index contributed by atoms with van der Waals surface area (Å²) in [5.74, 6) is -0.442. The van der Waals surface area contributed by atoms with Gasteiger partial charge in [-0.2, -0.15) is 0 Å². The molecule has 0 aromatic heterocycles. The number of rotatable bonds is 4. The zero-order chi connectivity index (χ0) is 12.1. The molecule has 1 aromatic carbocycles. The van der Waals surface area contributed by atoms with E-state index < -0.39 is 5.91 Å². The van der Waals surface area contributed by atoms with Crippen LogP contribution < -0.4 is 5.73 Å². The first-order valence-corrected chi connectivity index (χ1v) is 5.05. The van der Waals surface area contributed by atoms with Gasteiger partial charge in [0, 0.05) is 18.7 Å². The van der Waals surface area contributed by atoms with Gasteiger partial charge in [-0.25, -0.2) is 0 Å². The molecule has 16 heavy (non-hydrogen) atoms. The molecule has 0 fully saturated rings. The Bertz CT molecular complexity index is 383. The zero-order valence-corrected chi connectivity index (χ0v) is 9.71. The lowest BCUT2D eigenvalue weighted by molar-refractivity contribution is 0.100. The summed E-state index contributed by atoms with van der Waals surface area (Å²) in [5.41, 5.74) is 6.29. The van der Waals surface area contributed by atoms with Gasteiger partial charge in [0.25, 0.3) is 0 Å². The first-order chi connectivity index (χ1) is 7.50. The van der Waals surface area contributed by atoms with Gasteiger partial charge < -0.3 is 5.73 Å². The summed E-state index contributed by atoms with van der Waals surface area (Å²) in [7, 11) is 1.85. The van der Waals surface area contributed by atoms with Crippen molar-refractivity contribution in [3.63, 3.8) is 0 Å². The number of primary amides is 1. The minimum Gasteiger partial charge on any atom is -0.366 e. The first-order valence-electron chi connectivity index (χ1n) is 5.05. The molecular formula is C11H16N4O. The van der Waals surface area contributed by atoms with E-state index in [1.807, 2.05) is 20.9 Å². The molecule has 5 nitrogen and oxygen atoms in total. The lowest BCUT2D eigenvalue weighted by Crippen LogP contribution is -2.19. The summed E-state index contributed by atoms with van der Waals surface area (Å²) in [6.07, 6.45) is 0. The van der Waals surface area contributed by atoms with E-state index in [-0.39, 0.29) is 0 Å². The van der Waals surface area contributed by atoms with Crippen molar-refractivity contribution >= 4 is 11.6 Å². The molecule has 1 amide bonds. The molecule has 5 heteroatoms. The van der Waals surface area contributed by atoms with Gasteiger partial charge in [-0.15, -0.1) is 5.11 Å². The number of amides is 1. The molecule has 0 spiro atoms. The van der Waals surface area contributed by atoms with Gasteiger partial charge in [0.1, 0.15) is 0 Å². The number of nitrogens with zero attached hydrogens (tertiary/aromatic N) is 3. The minimum absolute atomic E-state index is 0.300. The van der Waals surface area contributed by atoms with Crippen LogP contribution in [0, 0.1) is 0 Å². The Morgan fingerprint density at radius 2 is 1.88 bits per heavy atom. The molecule has 0 aliphatic heterocycles. The lowest BCUT2D eigenvalue weighted by atomic mass is 10.2. The molecule has 0 saturated heterocycles. The molecule has 1 aromatic rings. The van der Waals surface area contributed by atoms with Gasteiger partial charge in [0.15, 0.2) is 0 Å². The zero-order valence-electron chi connectivity index (χ0n) is 9.71. The van der Waals surface area contributed by atoms with Gasteiger partial charge >= 0.3 is 0 Å². The Balaban J connectivity index is 2.72. The Hall–Kier alpha value is -1.91. The third-order valence-electron chi connectivity index (χ3n) is 2.20. The first kappa shape index (κ1) is 12.2. The van der Waals surface area contributed by atoms with E-state index in [9.17, 15) is 4.79 Å². The van der Waals surface area contributed by atoms with Crippen molar-refractivity contribution in [2.45, 2.75) is 19.9 Å². The van der Waals surface area contributed by atoms with E-state index >= 15 is 0 Å². The second-order valence-electron chi connectivity index (χ2n) is 3.77. The Morgan fingerprint density at radius 1 is 1.31 bits per heavy atom. The summed E-state index contributed by atoms with van der Waals surface area (Å²) in [6.45, 7) is 4.05. The van der Waals surface area contributed by atoms with E-state index in [1.165, 1.54) is 0 Å². The molecule has 0 aliphatic rings. The van der Waals surface area contributed by atoms with Gasteiger partial charge in [-0.3, -0.25) is 9.80 Å². The highest BCUT2D eigenvalue weighted by atomic mass is 16.1. The van der Waals surface area contributed by atoms with Crippen LogP contribution in [0.1, 0.15) is 24.2 Å². The molecule has 0 saturated carbocycles. The quantitative estimate of drug-likeness (QED) is 0.623. The number of hydrogen-bond donors (Lipinski definition) is 1. The van der Waals surface area contributed by atoms with Crippen molar-refractivity contribution in [3.05, 3.63) is 29.8 Å². The van der Waals surface area contributed by atoms with Crippen LogP contribution in [-0.2, 0) is 0 Å². The average Bonchev–Trinajstić information content (AvgIpc) is 2.26. The topological polar surface area (TPSA) is 71.1 Å². The van der Waals surface area contributed by atoms with Crippen LogP contribution >= 0.6 is 0 Å². The highest BCUT2D eigenvalue weighted by molar-refractivity contribution is 5.92. The third-order valence-corrected chi connectivity index (χ3v) is 2.20. The molecule has 1 rings (SSSR count). The van der Waals surface area contributed by atoms with Crippen LogP contribution in [0.3, 0.4) is 0 Å². The minimum atomic E-state index is -0.442. The number of benzene rings is 1. The highest BCUT2D eigenvalue weighted by Gasteiger charge is 2.00. The largest absolute Gasteiger partial charge is 0.366 e. The molecule has 0 atom stereocenters. The summed E-state index contributed by atoms with van der Waals surface area (Å²) in [4.78, 5) is 10.8. The SMILES string of the molecule is CC(C)N(C)N=Nc1ccc(C(N)=O)cc1. The lowest BCUT2D eigenvalue weighted by Gasteiger charge is -2.14. The molecular weight excluding hydrogens is 204 g/mol. The van der Waals surface area contributed by atoms with Crippen molar-refractivity contribution in [1.82, 2.24) is 5.01 Å². The predicted molar refractivity (Wildman–Crippen MR) is 62.4 cm³/mol. The number of hydrogen-bond acceptors (Lipinski definition) is 3. The van der Waals surface area contributed by atoms with Gasteiger partial charge in [0.2, 0.25) is 5.91 Å². The smallest absolute Gasteiger partial charge is 0.248 e. The molecule has 0 aliphatic carbocycles. The Morgan fingerprint density at radius 3 is 2.31 bits per heavy atom. The number of carbonyl (C=O) groups excluding carboxylic acids is 1. The Kier molecular flexibility index (Phi) is 3.99. The van der Waals surface area contributed by atoms with E-state index in [2.05, 4.69) is 10.3 Å². The normalized spacial score (nSPS) is 11.0. The van der Waals surface area contributed by atoms with E-state index in [4.69, 9.17) is 5.73 Å². The van der Waals surface area contributed by atoms with Crippen LogP contribution in [0.4, 0.5) is 5.69 Å². The average molecular weight is 220 g/mol. The summed E-state index contributed by atoms with van der Waals surface area (Å²) in [5, 5.41) is 9.79. The molecule has 86 valence electrons. The fraction of sp³-hybridized carbons (Fsp3) is 0.364. The molecule has 0 bridgehead atoms. The standard InChI is InChI=1S/C11H16N4O/c1-8(2)15(3)14-13-10-6-4-9(5-7-10)11(12)16/h4-8H,1-3H3,(H2,12,16). The van der Waals surface area contributed by atoms with Crippen LogP contribution in [0.15, 0.2) is 34.6 Å². The van der Waals surface area contributed by atoms with Crippen molar-refractivity contribution in [2.75, 3.05) is 7.05 Å². The predicted octanol–water partition coefficient (Wildman–Crippen LogP) is 2.12. The summed E-state index contributed by atoms with van der Waals surface area (Å²) >= 11 is 0. The highest BCUT2D eigenvalue weighted by Crippen LogP contribution is 2.13. The third kappa shape index (κ3) is 3.34. The summed E-state index contributed by atoms with van der Waals surface area (Å²) < 4.78 is 0. The molecule has 2 N–H and O–H groups in total. The molecule has 0 unspecified atom stereocenters. The molecule has 0 heterocycles. The van der Waals surface area contributed by atoms with Gasteiger partial charge in [-0.1, -0.05) is 5.22 Å². The van der Waals surface area contributed by atoms with E-state index in [0.29, 0.717) is 17.3 Å². The Labute approximate surface area is 94.9 Å². The fourth-order valence-corrected chi connectivity index (χ4v) is 0.918. The maximum Gasteiger partial charge on any atom is 0.248 e. The fourth-order valence-electron chi connectivity index (χ4n) is 0.918. The maximum absolute atomic E-state index is 10.8.